The van der Waals surface area contributed by atoms with Gasteiger partial charge in [0.05, 0.1) is 5.69 Å². The van der Waals surface area contributed by atoms with Crippen molar-refractivity contribution in [2.45, 2.75) is 44.4 Å². The van der Waals surface area contributed by atoms with E-state index in [-0.39, 0.29) is 28.9 Å². The number of hydrogen-bond acceptors (Lipinski definition) is 4. The molecule has 0 atom stereocenters. The molecule has 166 valence electrons. The predicted octanol–water partition coefficient (Wildman–Crippen LogP) is 3.49. The Morgan fingerprint density at radius 1 is 1.06 bits per heavy atom. The van der Waals surface area contributed by atoms with Gasteiger partial charge in [0, 0.05) is 44.2 Å². The van der Waals surface area contributed by atoms with Gasteiger partial charge in [0.25, 0.3) is 5.91 Å². The number of halogens is 1. The van der Waals surface area contributed by atoms with Crippen LogP contribution in [0.15, 0.2) is 34.9 Å². The summed E-state index contributed by atoms with van der Waals surface area (Å²) in [5.41, 5.74) is 1.61. The summed E-state index contributed by atoms with van der Waals surface area (Å²) in [5.74, 6) is -0.210. The molecule has 2 aliphatic rings. The molecule has 1 N–H and O–H groups in total. The smallest absolute Gasteiger partial charge is 0.317 e. The van der Waals surface area contributed by atoms with Gasteiger partial charge < -0.3 is 19.6 Å². The Labute approximate surface area is 181 Å². The molecule has 2 heterocycles. The van der Waals surface area contributed by atoms with E-state index in [1.54, 1.807) is 22.8 Å². The van der Waals surface area contributed by atoms with Gasteiger partial charge in [0.2, 0.25) is 5.76 Å². The number of aromatic nitrogens is 1. The van der Waals surface area contributed by atoms with Crippen LogP contribution in [0.5, 0.6) is 0 Å². The highest BCUT2D eigenvalue weighted by Crippen LogP contribution is 2.39. The maximum Gasteiger partial charge on any atom is 0.317 e. The molecule has 1 saturated carbocycles. The van der Waals surface area contributed by atoms with Gasteiger partial charge in [-0.2, -0.15) is 0 Å². The van der Waals surface area contributed by atoms with Crippen LogP contribution in [-0.2, 0) is 5.41 Å². The van der Waals surface area contributed by atoms with Gasteiger partial charge >= 0.3 is 6.03 Å². The number of amides is 3. The van der Waals surface area contributed by atoms with Crippen molar-refractivity contribution in [1.82, 2.24) is 20.3 Å². The summed E-state index contributed by atoms with van der Waals surface area (Å²) in [5, 5.41) is 6.88. The van der Waals surface area contributed by atoms with E-state index in [0.29, 0.717) is 38.4 Å². The zero-order valence-corrected chi connectivity index (χ0v) is 17.9. The summed E-state index contributed by atoms with van der Waals surface area (Å²) in [6.07, 6.45) is 5.37. The summed E-state index contributed by atoms with van der Waals surface area (Å²) >= 11 is 0. The number of benzene rings is 1. The number of carbonyl (C=O) groups excluding carboxylic acids is 2. The Morgan fingerprint density at radius 2 is 1.71 bits per heavy atom. The second-order valence-corrected chi connectivity index (χ2v) is 8.62. The number of hydrogen-bond donors (Lipinski definition) is 1. The van der Waals surface area contributed by atoms with Crippen molar-refractivity contribution in [3.8, 4) is 0 Å². The average molecular weight is 429 g/mol. The van der Waals surface area contributed by atoms with Crippen molar-refractivity contribution in [2.24, 2.45) is 0 Å². The van der Waals surface area contributed by atoms with Crippen molar-refractivity contribution in [1.29, 1.82) is 0 Å². The first-order valence-electron chi connectivity index (χ1n) is 11.0. The fourth-order valence-electron chi connectivity index (χ4n) is 4.69. The number of nitrogens with zero attached hydrogens (tertiary/aromatic N) is 3. The molecule has 0 spiro atoms. The largest absolute Gasteiger partial charge is 0.351 e. The first-order chi connectivity index (χ1) is 15.0. The van der Waals surface area contributed by atoms with Crippen LogP contribution < -0.4 is 5.32 Å². The average Bonchev–Trinajstić information content (AvgIpc) is 3.24. The minimum atomic E-state index is -0.244. The van der Waals surface area contributed by atoms with E-state index >= 15 is 0 Å². The lowest BCUT2D eigenvalue weighted by Crippen LogP contribution is -2.54. The number of rotatable bonds is 4. The highest BCUT2D eigenvalue weighted by molar-refractivity contribution is 5.91. The number of nitrogens with one attached hydrogen (secondary N) is 1. The van der Waals surface area contributed by atoms with E-state index in [1.807, 2.05) is 12.1 Å². The lowest BCUT2D eigenvalue weighted by molar-refractivity contribution is 0.0623. The zero-order valence-electron chi connectivity index (χ0n) is 17.9. The van der Waals surface area contributed by atoms with E-state index in [4.69, 9.17) is 4.52 Å². The summed E-state index contributed by atoms with van der Waals surface area (Å²) in [6, 6.07) is 8.21. The molecule has 1 aromatic heterocycles. The van der Waals surface area contributed by atoms with Crippen LogP contribution in [0, 0.1) is 12.7 Å². The van der Waals surface area contributed by atoms with E-state index in [0.717, 1.165) is 31.2 Å². The SMILES string of the molecule is Cc1cc(C(=O)N2CCN(C(=O)NCC3(c4ccc(F)cc4)CCCCC3)CC2)on1. The van der Waals surface area contributed by atoms with Gasteiger partial charge in [-0.05, 0) is 37.5 Å². The summed E-state index contributed by atoms with van der Waals surface area (Å²) in [6.45, 7) is 4.15. The van der Waals surface area contributed by atoms with Gasteiger partial charge in [-0.15, -0.1) is 0 Å². The normalized spacial score (nSPS) is 18.6. The molecular weight excluding hydrogens is 399 g/mol. The van der Waals surface area contributed by atoms with Crippen molar-refractivity contribution in [3.05, 3.63) is 53.2 Å². The van der Waals surface area contributed by atoms with Gasteiger partial charge in [-0.3, -0.25) is 4.79 Å². The summed E-state index contributed by atoms with van der Waals surface area (Å²) in [7, 11) is 0. The van der Waals surface area contributed by atoms with Crippen molar-refractivity contribution in [3.63, 3.8) is 0 Å². The first-order valence-corrected chi connectivity index (χ1v) is 11.0. The van der Waals surface area contributed by atoms with Gasteiger partial charge in [-0.1, -0.05) is 36.6 Å². The molecule has 1 aliphatic carbocycles. The third-order valence-corrected chi connectivity index (χ3v) is 6.54. The molecule has 2 aromatic rings. The third-order valence-electron chi connectivity index (χ3n) is 6.54. The topological polar surface area (TPSA) is 78.7 Å². The molecule has 7 nitrogen and oxygen atoms in total. The van der Waals surface area contributed by atoms with E-state index in [2.05, 4.69) is 10.5 Å². The molecule has 1 aromatic carbocycles. The fraction of sp³-hybridized carbons (Fsp3) is 0.522. The summed E-state index contributed by atoms with van der Waals surface area (Å²) < 4.78 is 18.5. The lowest BCUT2D eigenvalue weighted by Gasteiger charge is -2.39. The Balaban J connectivity index is 1.33. The highest BCUT2D eigenvalue weighted by Gasteiger charge is 2.35. The summed E-state index contributed by atoms with van der Waals surface area (Å²) in [4.78, 5) is 28.8. The number of piperazine rings is 1. The zero-order chi connectivity index (χ0) is 21.8. The van der Waals surface area contributed by atoms with Crippen LogP contribution >= 0.6 is 0 Å². The Kier molecular flexibility index (Phi) is 6.25. The number of urea groups is 1. The molecule has 0 bridgehead atoms. The molecule has 31 heavy (non-hydrogen) atoms. The van der Waals surface area contributed by atoms with E-state index in [9.17, 15) is 14.0 Å². The molecule has 1 saturated heterocycles. The van der Waals surface area contributed by atoms with E-state index < -0.39 is 0 Å². The minimum absolute atomic E-state index is 0.116. The molecule has 8 heteroatoms. The lowest BCUT2D eigenvalue weighted by atomic mass is 9.69. The minimum Gasteiger partial charge on any atom is -0.351 e. The van der Waals surface area contributed by atoms with Crippen molar-refractivity contribution in [2.75, 3.05) is 32.7 Å². The maximum absolute atomic E-state index is 13.4. The quantitative estimate of drug-likeness (QED) is 0.809. The second-order valence-electron chi connectivity index (χ2n) is 8.62. The van der Waals surface area contributed by atoms with E-state index in [1.165, 1.54) is 18.6 Å². The first kappa shape index (κ1) is 21.3. The second kappa shape index (κ2) is 9.08. The highest BCUT2D eigenvalue weighted by atomic mass is 19.1. The van der Waals surface area contributed by atoms with Gasteiger partial charge in [0.15, 0.2) is 0 Å². The molecule has 0 radical (unpaired) electrons. The van der Waals surface area contributed by atoms with Crippen molar-refractivity contribution >= 4 is 11.9 Å². The third kappa shape index (κ3) is 4.73. The Morgan fingerprint density at radius 3 is 2.32 bits per heavy atom. The molecular formula is C23H29FN4O3. The Bertz CT molecular complexity index is 913. The van der Waals surface area contributed by atoms with Crippen LogP contribution in [0.25, 0.3) is 0 Å². The van der Waals surface area contributed by atoms with Crippen molar-refractivity contribution < 1.29 is 18.5 Å². The molecule has 4 rings (SSSR count). The number of aryl methyl sites for hydroxylation is 1. The van der Waals surface area contributed by atoms with Gasteiger partial charge in [-0.25, -0.2) is 9.18 Å². The van der Waals surface area contributed by atoms with Crippen LogP contribution in [0.1, 0.15) is 53.9 Å². The molecule has 3 amide bonds. The van der Waals surface area contributed by atoms with Crippen LogP contribution in [-0.4, -0.2) is 59.6 Å². The molecule has 0 unspecified atom stereocenters. The maximum atomic E-state index is 13.4. The van der Waals surface area contributed by atoms with Gasteiger partial charge in [0.1, 0.15) is 5.82 Å². The fourth-order valence-corrected chi connectivity index (χ4v) is 4.69. The molecule has 2 fully saturated rings. The Hall–Kier alpha value is -2.90. The van der Waals surface area contributed by atoms with Crippen LogP contribution in [0.3, 0.4) is 0 Å². The van der Waals surface area contributed by atoms with Crippen LogP contribution in [0.2, 0.25) is 0 Å². The van der Waals surface area contributed by atoms with Crippen LogP contribution in [0.4, 0.5) is 9.18 Å². The monoisotopic (exact) mass is 428 g/mol. The standard InChI is InChI=1S/C23H29FN4O3/c1-17-15-20(31-26-17)21(29)27-11-13-28(14-12-27)22(30)25-16-23(9-3-2-4-10-23)18-5-7-19(24)8-6-18/h5-8,15H,2-4,9-14,16H2,1H3,(H,25,30). The predicted molar refractivity (Wildman–Crippen MR) is 113 cm³/mol. The molecule has 1 aliphatic heterocycles. The number of carbonyl (C=O) groups is 2.